The molecule has 0 radical (unpaired) electrons. The van der Waals surface area contributed by atoms with Gasteiger partial charge in [-0.25, -0.2) is 9.59 Å². The number of rotatable bonds is 8. The van der Waals surface area contributed by atoms with Gasteiger partial charge in [-0.3, -0.25) is 0 Å². The van der Waals surface area contributed by atoms with Gasteiger partial charge in [0.25, 0.3) is 0 Å². The fourth-order valence-electron chi connectivity index (χ4n) is 2.12. The Morgan fingerprint density at radius 1 is 1.25 bits per heavy atom. The largest absolute Gasteiger partial charge is 0.480 e. The van der Waals surface area contributed by atoms with Crippen molar-refractivity contribution in [2.45, 2.75) is 37.6 Å². The van der Waals surface area contributed by atoms with Gasteiger partial charge in [-0.15, -0.1) is 0 Å². The molecule has 0 unspecified atom stereocenters. The molecule has 1 fully saturated rings. The van der Waals surface area contributed by atoms with E-state index in [0.29, 0.717) is 32.6 Å². The summed E-state index contributed by atoms with van der Waals surface area (Å²) >= 11 is 1.82. The molecule has 3 N–H and O–H groups in total. The van der Waals surface area contributed by atoms with Crippen molar-refractivity contribution in [1.82, 2.24) is 10.6 Å². The summed E-state index contributed by atoms with van der Waals surface area (Å²) in [5, 5.41) is 14.6. The van der Waals surface area contributed by atoms with Gasteiger partial charge in [0.05, 0.1) is 0 Å². The first kappa shape index (κ1) is 17.1. The van der Waals surface area contributed by atoms with Crippen LogP contribution >= 0.6 is 11.8 Å². The minimum atomic E-state index is -1.18. The normalized spacial score (nSPS) is 17.4. The van der Waals surface area contributed by atoms with Crippen molar-refractivity contribution < 1.29 is 19.4 Å². The van der Waals surface area contributed by atoms with E-state index < -0.39 is 17.5 Å². The van der Waals surface area contributed by atoms with Crippen LogP contribution in [0.5, 0.6) is 0 Å². The van der Waals surface area contributed by atoms with E-state index in [2.05, 4.69) is 16.9 Å². The van der Waals surface area contributed by atoms with Crippen molar-refractivity contribution in [2.75, 3.05) is 31.8 Å². The second kappa shape index (κ2) is 9.07. The zero-order valence-corrected chi connectivity index (χ0v) is 12.8. The number of thioether (sulfide) groups is 1. The van der Waals surface area contributed by atoms with E-state index in [-0.39, 0.29) is 0 Å². The molecule has 0 spiro atoms. The zero-order valence-electron chi connectivity index (χ0n) is 11.9. The number of nitrogens with one attached hydrogen (secondary N) is 2. The lowest BCUT2D eigenvalue weighted by molar-refractivity contribution is -0.148. The second-order valence-electron chi connectivity index (χ2n) is 4.93. The smallest absolute Gasteiger partial charge is 0.329 e. The minimum Gasteiger partial charge on any atom is -0.480 e. The van der Waals surface area contributed by atoms with Gasteiger partial charge in [0.1, 0.15) is 5.54 Å². The molecule has 0 bridgehead atoms. The summed E-state index contributed by atoms with van der Waals surface area (Å²) in [6, 6.07) is -0.404. The predicted octanol–water partition coefficient (Wildman–Crippen LogP) is 1.45. The molecule has 6 nitrogen and oxygen atoms in total. The van der Waals surface area contributed by atoms with Crippen LogP contribution in [0.25, 0.3) is 0 Å². The van der Waals surface area contributed by atoms with Gasteiger partial charge in [0.2, 0.25) is 0 Å². The average molecular weight is 304 g/mol. The Labute approximate surface area is 124 Å². The van der Waals surface area contributed by atoms with Crippen molar-refractivity contribution in [3.63, 3.8) is 0 Å². The topological polar surface area (TPSA) is 87.7 Å². The van der Waals surface area contributed by atoms with Crippen molar-refractivity contribution in [3.8, 4) is 0 Å². The number of carboxylic acid groups (broad SMARTS) is 1. The number of carboxylic acids is 1. The first-order valence-corrected chi connectivity index (χ1v) is 8.36. The lowest BCUT2D eigenvalue weighted by Gasteiger charge is -2.33. The number of ether oxygens (including phenoxy) is 1. The van der Waals surface area contributed by atoms with Crippen LogP contribution in [0, 0.1) is 0 Å². The Morgan fingerprint density at radius 3 is 2.55 bits per heavy atom. The maximum atomic E-state index is 11.8. The van der Waals surface area contributed by atoms with Crippen LogP contribution in [-0.2, 0) is 9.53 Å². The molecular weight excluding hydrogens is 280 g/mol. The highest BCUT2D eigenvalue weighted by Crippen LogP contribution is 2.20. The highest BCUT2D eigenvalue weighted by molar-refractivity contribution is 7.98. The van der Waals surface area contributed by atoms with E-state index in [4.69, 9.17) is 4.74 Å². The summed E-state index contributed by atoms with van der Waals surface area (Å²) in [6.07, 6.45) is 5.81. The van der Waals surface area contributed by atoms with Gasteiger partial charge < -0.3 is 20.5 Å². The van der Waals surface area contributed by atoms with Crippen LogP contribution in [0.3, 0.4) is 0 Å². The summed E-state index contributed by atoms with van der Waals surface area (Å²) in [5.74, 6) is 0.143. The molecule has 1 heterocycles. The van der Waals surface area contributed by atoms with Crippen LogP contribution in [-0.4, -0.2) is 54.4 Å². The van der Waals surface area contributed by atoms with Crippen molar-refractivity contribution >= 4 is 23.8 Å². The van der Waals surface area contributed by atoms with E-state index >= 15 is 0 Å². The first-order valence-electron chi connectivity index (χ1n) is 6.97. The lowest BCUT2D eigenvalue weighted by atomic mass is 9.90. The van der Waals surface area contributed by atoms with Gasteiger partial charge in [-0.2, -0.15) is 11.8 Å². The van der Waals surface area contributed by atoms with Crippen LogP contribution in [0.1, 0.15) is 32.1 Å². The van der Waals surface area contributed by atoms with Crippen molar-refractivity contribution in [2.24, 2.45) is 0 Å². The zero-order chi connectivity index (χ0) is 14.8. The molecule has 0 aliphatic carbocycles. The molecule has 0 aromatic rings. The molecule has 1 aliphatic rings. The summed E-state index contributed by atoms with van der Waals surface area (Å²) < 4.78 is 5.16. The molecule has 0 atom stereocenters. The minimum absolute atomic E-state index is 0.309. The highest BCUT2D eigenvalue weighted by Gasteiger charge is 2.41. The summed E-state index contributed by atoms with van der Waals surface area (Å²) in [5.41, 5.74) is -1.18. The Bertz CT molecular complexity index is 319. The van der Waals surface area contributed by atoms with Gasteiger partial charge in [-0.05, 0) is 24.9 Å². The van der Waals surface area contributed by atoms with Gasteiger partial charge >= 0.3 is 12.0 Å². The van der Waals surface area contributed by atoms with Crippen molar-refractivity contribution in [1.29, 1.82) is 0 Å². The third-order valence-corrected chi connectivity index (χ3v) is 4.12. The quantitative estimate of drug-likeness (QED) is 0.591. The van der Waals surface area contributed by atoms with E-state index in [1.165, 1.54) is 0 Å². The number of carbonyl (C=O) groups is 2. The SMILES string of the molecule is CSCCCCCNC(=O)NC1(C(=O)O)CCOCC1. The van der Waals surface area contributed by atoms with Gasteiger partial charge in [-0.1, -0.05) is 6.42 Å². The Kier molecular flexibility index (Phi) is 7.76. The third kappa shape index (κ3) is 5.58. The molecule has 0 aromatic heterocycles. The highest BCUT2D eigenvalue weighted by atomic mass is 32.2. The molecule has 116 valence electrons. The number of aliphatic carboxylic acids is 1. The second-order valence-corrected chi connectivity index (χ2v) is 5.92. The molecule has 20 heavy (non-hydrogen) atoms. The maximum Gasteiger partial charge on any atom is 0.329 e. The van der Waals surface area contributed by atoms with Crippen molar-refractivity contribution in [3.05, 3.63) is 0 Å². The molecule has 1 rings (SSSR count). The predicted molar refractivity (Wildman–Crippen MR) is 79.2 cm³/mol. The summed E-state index contributed by atoms with van der Waals surface area (Å²) in [7, 11) is 0. The van der Waals surface area contributed by atoms with Gasteiger partial charge in [0, 0.05) is 32.6 Å². The van der Waals surface area contributed by atoms with E-state index in [1.54, 1.807) is 0 Å². The Morgan fingerprint density at radius 2 is 1.95 bits per heavy atom. The summed E-state index contributed by atoms with van der Waals surface area (Å²) in [6.45, 7) is 1.30. The fraction of sp³-hybridized carbons (Fsp3) is 0.846. The van der Waals surface area contributed by atoms with Crippen LogP contribution in [0.2, 0.25) is 0 Å². The molecule has 7 heteroatoms. The molecular formula is C13H24N2O4S. The molecule has 1 aliphatic heterocycles. The molecule has 0 aromatic carbocycles. The lowest BCUT2D eigenvalue weighted by Crippen LogP contribution is -2.59. The number of hydrogen-bond acceptors (Lipinski definition) is 4. The average Bonchev–Trinajstić information content (AvgIpc) is 2.43. The summed E-state index contributed by atoms with van der Waals surface area (Å²) in [4.78, 5) is 23.1. The number of hydrogen-bond donors (Lipinski definition) is 3. The number of amides is 2. The fourth-order valence-corrected chi connectivity index (χ4v) is 2.62. The van der Waals surface area contributed by atoms with E-state index in [1.807, 2.05) is 11.8 Å². The van der Waals surface area contributed by atoms with Crippen LogP contribution < -0.4 is 10.6 Å². The van der Waals surface area contributed by atoms with E-state index in [0.717, 1.165) is 25.0 Å². The maximum absolute atomic E-state index is 11.8. The molecule has 2 amide bonds. The molecule has 1 saturated heterocycles. The standard InChI is InChI=1S/C13H24N2O4S/c1-20-10-4-2-3-7-14-12(18)15-13(11(16)17)5-8-19-9-6-13/h2-10H2,1H3,(H,16,17)(H2,14,15,18). The Balaban J connectivity index is 2.27. The Hall–Kier alpha value is -0.950. The number of urea groups is 1. The first-order chi connectivity index (χ1) is 9.60. The van der Waals surface area contributed by atoms with Crippen LogP contribution in [0.15, 0.2) is 0 Å². The monoisotopic (exact) mass is 304 g/mol. The van der Waals surface area contributed by atoms with Crippen LogP contribution in [0.4, 0.5) is 4.79 Å². The number of carbonyl (C=O) groups excluding carboxylic acids is 1. The molecule has 0 saturated carbocycles. The van der Waals surface area contributed by atoms with Gasteiger partial charge in [0.15, 0.2) is 0 Å². The third-order valence-electron chi connectivity index (χ3n) is 3.42. The van der Waals surface area contributed by atoms with E-state index in [9.17, 15) is 14.7 Å². The number of unbranched alkanes of at least 4 members (excludes halogenated alkanes) is 2.